The molecule has 2 N–H and O–H groups in total. The molecule has 0 aliphatic carbocycles. The molecule has 0 amide bonds. The maximum Gasteiger partial charge on any atom is 0.346 e. The van der Waals surface area contributed by atoms with Gasteiger partial charge in [-0.25, -0.2) is 4.79 Å². The molecule has 5 heteroatoms. The van der Waals surface area contributed by atoms with Crippen molar-refractivity contribution in [1.29, 1.82) is 0 Å². The molecular formula is C11H11NO3S. The lowest BCUT2D eigenvalue weighted by Crippen LogP contribution is -2.13. The highest BCUT2D eigenvalue weighted by atomic mass is 32.1. The lowest BCUT2D eigenvalue weighted by atomic mass is 10.2. The number of carboxylic acids is 1. The lowest BCUT2D eigenvalue weighted by Gasteiger charge is -2.02. The molecule has 2 heterocycles. The van der Waals surface area contributed by atoms with E-state index in [1.165, 1.54) is 11.3 Å². The summed E-state index contributed by atoms with van der Waals surface area (Å²) in [5.41, 5.74) is 0.809. The summed E-state index contributed by atoms with van der Waals surface area (Å²) < 4.78 is 5.15. The summed E-state index contributed by atoms with van der Waals surface area (Å²) in [5, 5.41) is 13.8. The highest BCUT2D eigenvalue weighted by Crippen LogP contribution is 2.16. The Labute approximate surface area is 96.5 Å². The Morgan fingerprint density at radius 1 is 1.44 bits per heavy atom. The van der Waals surface area contributed by atoms with Gasteiger partial charge in [0.1, 0.15) is 10.6 Å². The number of rotatable bonds is 5. The molecule has 2 aromatic rings. The quantitative estimate of drug-likeness (QED) is 0.837. The molecule has 16 heavy (non-hydrogen) atoms. The van der Waals surface area contributed by atoms with Crippen LogP contribution in [0, 0.1) is 0 Å². The van der Waals surface area contributed by atoms with Gasteiger partial charge in [-0.1, -0.05) is 0 Å². The number of hydrogen-bond donors (Lipinski definition) is 2. The fourth-order valence-electron chi connectivity index (χ4n) is 1.40. The minimum Gasteiger partial charge on any atom is -0.477 e. The first-order valence-corrected chi connectivity index (χ1v) is 5.68. The molecule has 0 unspecified atom stereocenters. The summed E-state index contributed by atoms with van der Waals surface area (Å²) in [4.78, 5) is 11.2. The normalized spacial score (nSPS) is 10.5. The molecule has 0 atom stereocenters. The predicted octanol–water partition coefficient (Wildman–Crippen LogP) is 2.33. The average molecular weight is 237 g/mol. The third-order valence-electron chi connectivity index (χ3n) is 2.14. The van der Waals surface area contributed by atoms with Gasteiger partial charge in [0.2, 0.25) is 0 Å². The van der Waals surface area contributed by atoms with Crippen molar-refractivity contribution < 1.29 is 14.3 Å². The van der Waals surface area contributed by atoms with Crippen LogP contribution in [0.25, 0.3) is 0 Å². The maximum atomic E-state index is 10.8. The maximum absolute atomic E-state index is 10.8. The van der Waals surface area contributed by atoms with Crippen molar-refractivity contribution in [2.75, 3.05) is 0 Å². The van der Waals surface area contributed by atoms with Crippen LogP contribution in [-0.4, -0.2) is 11.1 Å². The topological polar surface area (TPSA) is 62.5 Å². The number of hydrogen-bond acceptors (Lipinski definition) is 4. The number of thiophene rings is 1. The van der Waals surface area contributed by atoms with Gasteiger partial charge in [0.25, 0.3) is 0 Å². The minimum absolute atomic E-state index is 0.395. The Morgan fingerprint density at radius 2 is 2.31 bits per heavy atom. The van der Waals surface area contributed by atoms with Crippen LogP contribution in [0.3, 0.4) is 0 Å². The molecule has 0 spiro atoms. The number of carbonyl (C=O) groups is 1. The van der Waals surface area contributed by atoms with Gasteiger partial charge in [0.15, 0.2) is 0 Å². The van der Waals surface area contributed by atoms with Crippen molar-refractivity contribution in [1.82, 2.24) is 5.32 Å². The zero-order valence-electron chi connectivity index (χ0n) is 8.47. The summed E-state index contributed by atoms with van der Waals surface area (Å²) in [6, 6.07) is 5.52. The number of furan rings is 1. The van der Waals surface area contributed by atoms with Crippen LogP contribution in [-0.2, 0) is 13.1 Å². The van der Waals surface area contributed by atoms with E-state index in [1.807, 2.05) is 18.2 Å². The van der Waals surface area contributed by atoms with Gasteiger partial charge in [0, 0.05) is 6.54 Å². The molecule has 2 aromatic heterocycles. The first-order valence-electron chi connectivity index (χ1n) is 4.80. The Balaban J connectivity index is 1.90. The molecule has 0 saturated carbocycles. The van der Waals surface area contributed by atoms with Crippen molar-refractivity contribution in [2.45, 2.75) is 13.1 Å². The van der Waals surface area contributed by atoms with Crippen LogP contribution in [0.4, 0.5) is 0 Å². The van der Waals surface area contributed by atoms with E-state index in [-0.39, 0.29) is 0 Å². The van der Waals surface area contributed by atoms with Crippen molar-refractivity contribution in [3.8, 4) is 0 Å². The summed E-state index contributed by atoms with van der Waals surface area (Å²) in [7, 11) is 0. The molecule has 0 aliphatic rings. The fourth-order valence-corrected chi connectivity index (χ4v) is 2.16. The largest absolute Gasteiger partial charge is 0.477 e. The predicted molar refractivity (Wildman–Crippen MR) is 60.5 cm³/mol. The molecule has 84 valence electrons. The highest BCUT2D eigenvalue weighted by Gasteiger charge is 2.10. The smallest absolute Gasteiger partial charge is 0.346 e. The third-order valence-corrected chi connectivity index (χ3v) is 3.08. The standard InChI is InChI=1S/C11H11NO3S/c13-11(14)10-8(3-5-16-10)6-12-7-9-2-1-4-15-9/h1-5,12H,6-7H2,(H,13,14). The van der Waals surface area contributed by atoms with E-state index in [2.05, 4.69) is 5.32 Å². The Kier molecular flexibility index (Phi) is 3.38. The summed E-state index contributed by atoms with van der Waals surface area (Å²) in [6.45, 7) is 1.13. The van der Waals surface area contributed by atoms with E-state index >= 15 is 0 Å². The molecule has 0 radical (unpaired) electrons. The number of aromatic carboxylic acids is 1. The lowest BCUT2D eigenvalue weighted by molar-refractivity contribution is 0.0701. The zero-order chi connectivity index (χ0) is 11.4. The molecule has 0 saturated heterocycles. The van der Waals surface area contributed by atoms with Gasteiger partial charge in [-0.3, -0.25) is 0 Å². The first kappa shape index (κ1) is 10.9. The van der Waals surface area contributed by atoms with E-state index in [4.69, 9.17) is 9.52 Å². The second-order valence-electron chi connectivity index (χ2n) is 3.26. The van der Waals surface area contributed by atoms with E-state index in [9.17, 15) is 4.79 Å². The van der Waals surface area contributed by atoms with Gasteiger partial charge >= 0.3 is 5.97 Å². The zero-order valence-corrected chi connectivity index (χ0v) is 9.29. The molecule has 0 aromatic carbocycles. The summed E-state index contributed by atoms with van der Waals surface area (Å²) >= 11 is 1.24. The van der Waals surface area contributed by atoms with Crippen molar-refractivity contribution >= 4 is 17.3 Å². The molecule has 2 rings (SSSR count). The van der Waals surface area contributed by atoms with E-state index in [0.717, 1.165) is 11.3 Å². The van der Waals surface area contributed by atoms with E-state index < -0.39 is 5.97 Å². The Morgan fingerprint density at radius 3 is 3.00 bits per heavy atom. The Hall–Kier alpha value is -1.59. The SMILES string of the molecule is O=C(O)c1sccc1CNCc1ccco1. The molecule has 0 fully saturated rings. The molecule has 4 nitrogen and oxygen atoms in total. The highest BCUT2D eigenvalue weighted by molar-refractivity contribution is 7.12. The van der Waals surface area contributed by atoms with Gasteiger partial charge in [-0.05, 0) is 29.1 Å². The number of carboxylic acid groups (broad SMARTS) is 1. The minimum atomic E-state index is -0.871. The molecular weight excluding hydrogens is 226 g/mol. The van der Waals surface area contributed by atoms with Crippen LogP contribution >= 0.6 is 11.3 Å². The number of nitrogens with one attached hydrogen (secondary N) is 1. The molecule has 0 aliphatic heterocycles. The van der Waals surface area contributed by atoms with Crippen molar-refractivity contribution in [2.24, 2.45) is 0 Å². The van der Waals surface area contributed by atoms with Gasteiger partial charge < -0.3 is 14.8 Å². The first-order chi connectivity index (χ1) is 7.77. The van der Waals surface area contributed by atoms with Crippen LogP contribution in [0.15, 0.2) is 34.3 Å². The fraction of sp³-hybridized carbons (Fsp3) is 0.182. The van der Waals surface area contributed by atoms with E-state index in [1.54, 1.807) is 11.6 Å². The van der Waals surface area contributed by atoms with Crippen LogP contribution in [0.5, 0.6) is 0 Å². The van der Waals surface area contributed by atoms with Crippen molar-refractivity contribution in [3.05, 3.63) is 46.0 Å². The molecule has 0 bridgehead atoms. The van der Waals surface area contributed by atoms with Gasteiger partial charge in [-0.2, -0.15) is 0 Å². The van der Waals surface area contributed by atoms with Crippen LogP contribution < -0.4 is 5.32 Å². The third kappa shape index (κ3) is 2.50. The Bertz CT molecular complexity index is 461. The van der Waals surface area contributed by atoms with E-state index in [0.29, 0.717) is 18.0 Å². The monoisotopic (exact) mass is 237 g/mol. The second-order valence-corrected chi connectivity index (χ2v) is 4.18. The van der Waals surface area contributed by atoms with Crippen molar-refractivity contribution in [3.63, 3.8) is 0 Å². The second kappa shape index (κ2) is 4.96. The summed E-state index contributed by atoms with van der Waals surface area (Å²) in [5.74, 6) is -0.0306. The van der Waals surface area contributed by atoms with Crippen LogP contribution in [0.2, 0.25) is 0 Å². The van der Waals surface area contributed by atoms with Gasteiger partial charge in [0.05, 0.1) is 12.8 Å². The summed E-state index contributed by atoms with van der Waals surface area (Å²) in [6.07, 6.45) is 1.62. The van der Waals surface area contributed by atoms with Crippen LogP contribution in [0.1, 0.15) is 21.0 Å². The van der Waals surface area contributed by atoms with Gasteiger partial charge in [-0.15, -0.1) is 11.3 Å². The average Bonchev–Trinajstić information content (AvgIpc) is 2.87.